The average Bonchev–Trinajstić information content (AvgIpc) is 1.72. The number of phenolic OH excluding ortho intramolecular Hbond substituents is 1. The number of aromatic hydroxyl groups is 1. The van der Waals surface area contributed by atoms with Crippen molar-refractivity contribution in [2.24, 2.45) is 23.7 Å². The van der Waals surface area contributed by atoms with Crippen molar-refractivity contribution in [3.05, 3.63) is 298 Å². The molecule has 0 spiro atoms. The van der Waals surface area contributed by atoms with Crippen LogP contribution in [-0.2, 0) is 38.8 Å². The molecule has 1 aliphatic heterocycles. The molecule has 7 amide bonds. The summed E-state index contributed by atoms with van der Waals surface area (Å²) in [6.45, 7) is 24.4. The standard InChI is InChI=1S/C14H15NO.C13H13NO.C13H15NO.C12H13NO.C11H13NO2S.C11H11NO.C11H10O2.C9H9N.C9H8O.C8H8FNO.C5H9NO/c1-2-5-11-6-3-9-13(10-11)15-14(16)12-7-4-8-12;1-2-4-10-5-3-6-12(9-10)14-13(15)11-7-8-11;1-4-6-11-7-5-8-12(9-11)14-13(15)10(2)3;1-3-6-10-7-5-8-11(9-10)13-12(14)4-2;1-4-5-10-6-8-11(9-7-10)12(2)15(3,13)14;1-3-5-10-6-4-7-11(8-10)12-9(2)13;1-2-3-9-4-5-10-11(8-9)13-7-6-12-10;1-2-4-8-5-3-6-9(10)7-8;1-2-3-8-4-6-9(10)7-5-8;1-10-8(11)6-3-2-4-7(9)5-6;1-6-5(7)4-2-3-4/h3,6,9-10,12H,4,7-8H2,1H3,(H,15,16);3,5-6,9,11H,7-8H2,1H3,(H,14,15);5,7-10H,1-3H3,(H,14,15);5,7-9H,4H2,1-2H3,(H,13,14);6-9H,1-3H3;4,6-8H,1-2H3,(H,12,13);4-5,8H,6-7H2,1H3;3,5-7H,10H2,1H3;4-7,10H,1H3;2-5H,1H3,(H,10,11);4H,2-3H2,1H3,(H,6,7). The third kappa shape index (κ3) is 48.8. The number of amides is 7. The zero-order valence-corrected chi connectivity index (χ0v) is 83.0. The van der Waals surface area contributed by atoms with Crippen molar-refractivity contribution in [3.63, 3.8) is 0 Å². The SMILES string of the molecule is CC#Cc1ccc(N(C)S(C)(=O)=O)cc1.CC#Cc1ccc(O)cc1.CC#Cc1ccc2c(c1)OCCO2.CC#Cc1cccc(N)c1.CC#Cc1cccc(NC(=O)C(C)C)c1.CC#Cc1cccc(NC(=O)C2CC2)c1.CC#Cc1cccc(NC(=O)C2CCC2)c1.CC#Cc1cccc(NC(=O)CC)c1.CC#Cc1cccc(NC(C)=O)c1.CNC(=O)C1CC1.CNC(=O)c1cccc(F)c1. The number of nitrogens with zero attached hydrogens (tertiary/aromatic N) is 1. The van der Waals surface area contributed by atoms with Crippen LogP contribution in [-0.4, -0.2) is 95.5 Å². The highest BCUT2D eigenvalue weighted by Crippen LogP contribution is 2.33. The Kier molecular flexibility index (Phi) is 53.7. The van der Waals surface area contributed by atoms with Gasteiger partial charge in [0.15, 0.2) is 11.5 Å². The topological polar surface area (TPSA) is 306 Å². The van der Waals surface area contributed by atoms with Crippen LogP contribution < -0.4 is 56.7 Å². The van der Waals surface area contributed by atoms with Gasteiger partial charge in [0.25, 0.3) is 5.91 Å². The van der Waals surface area contributed by atoms with E-state index in [1.165, 1.54) is 56.2 Å². The molecule has 23 heteroatoms. The third-order valence-electron chi connectivity index (χ3n) is 18.9. The molecule has 21 nitrogen and oxygen atoms in total. The van der Waals surface area contributed by atoms with E-state index in [0.717, 1.165) is 134 Å². The van der Waals surface area contributed by atoms with Gasteiger partial charge in [-0.15, -0.1) is 53.3 Å². The van der Waals surface area contributed by atoms with Gasteiger partial charge < -0.3 is 57.5 Å². The summed E-state index contributed by atoms with van der Waals surface area (Å²) in [7, 11) is 1.53. The molecule has 0 unspecified atom stereocenters. The van der Waals surface area contributed by atoms with E-state index in [4.69, 9.17) is 20.3 Å². The number of carbonyl (C=O) groups excluding carboxylic acids is 7. The van der Waals surface area contributed by atoms with Gasteiger partial charge in [-0.05, 0) is 295 Å². The second-order valence-corrected chi connectivity index (χ2v) is 32.7. The predicted octanol–water partition coefficient (Wildman–Crippen LogP) is 20.3. The Morgan fingerprint density at radius 3 is 1.11 bits per heavy atom. The summed E-state index contributed by atoms with van der Waals surface area (Å²) in [6, 6.07) is 70.5. The van der Waals surface area contributed by atoms with Crippen LogP contribution in [0.5, 0.6) is 17.2 Å². The maximum absolute atomic E-state index is 12.5. The molecule has 0 saturated heterocycles. The number of nitrogen functional groups attached to an aromatic ring is 1. The molecule has 4 aliphatic rings. The summed E-state index contributed by atoms with van der Waals surface area (Å²) in [5.41, 5.74) is 19.7. The van der Waals surface area contributed by atoms with Crippen LogP contribution >= 0.6 is 0 Å². The lowest BCUT2D eigenvalue weighted by Gasteiger charge is -2.24. The summed E-state index contributed by atoms with van der Waals surface area (Å²) in [4.78, 5) is 77.8. The molecule has 0 bridgehead atoms. The Labute approximate surface area is 821 Å². The second-order valence-electron chi connectivity index (χ2n) is 30.7. The van der Waals surface area contributed by atoms with Crippen LogP contribution in [0, 0.1) is 136 Å². The van der Waals surface area contributed by atoms with Crippen LogP contribution in [0.1, 0.15) is 202 Å². The number of fused-ring (bicyclic) bond motifs is 1. The molecule has 1 heterocycles. The van der Waals surface area contributed by atoms with E-state index >= 15 is 0 Å². The first-order valence-electron chi connectivity index (χ1n) is 44.9. The van der Waals surface area contributed by atoms with Crippen molar-refractivity contribution in [2.75, 3.05) is 77.2 Å². The molecule has 10 aromatic rings. The van der Waals surface area contributed by atoms with E-state index in [1.807, 2.05) is 198 Å². The minimum Gasteiger partial charge on any atom is -0.508 e. The summed E-state index contributed by atoms with van der Waals surface area (Å²) in [5, 5.41) is 28.0. The molecule has 718 valence electrons. The number of nitrogens with one attached hydrogen (secondary N) is 7. The molecule has 3 aliphatic carbocycles. The number of benzene rings is 10. The Morgan fingerprint density at radius 2 is 0.763 bits per heavy atom. The lowest BCUT2D eigenvalue weighted by atomic mass is 9.85. The molecule has 3 fully saturated rings. The highest BCUT2D eigenvalue weighted by molar-refractivity contribution is 7.92. The number of anilines is 7. The number of hydrogen-bond acceptors (Lipinski definition) is 13. The van der Waals surface area contributed by atoms with Gasteiger partial charge in [-0.3, -0.25) is 37.9 Å². The molecule has 0 atom stereocenters. The Bertz CT molecular complexity index is 6420. The highest BCUT2D eigenvalue weighted by atomic mass is 32.2. The van der Waals surface area contributed by atoms with E-state index < -0.39 is 15.8 Å². The molecule has 10 N–H and O–H groups in total. The first kappa shape index (κ1) is 115. The van der Waals surface area contributed by atoms with E-state index in [1.54, 1.807) is 110 Å². The number of ether oxygens (including phenoxy) is 2. The van der Waals surface area contributed by atoms with Crippen molar-refractivity contribution < 1.29 is 61.0 Å². The molecule has 3 saturated carbocycles. The molecule has 0 radical (unpaired) electrons. The minimum atomic E-state index is -3.18. The monoisotopic (exact) mass is 1890 g/mol. The van der Waals surface area contributed by atoms with Gasteiger partial charge in [-0.1, -0.05) is 123 Å². The number of sulfonamides is 1. The molecular formula is C116H124FN9O12S. The van der Waals surface area contributed by atoms with Gasteiger partial charge in [0, 0.05) is 148 Å². The summed E-state index contributed by atoms with van der Waals surface area (Å²) in [6.07, 6.45) is 9.15. The van der Waals surface area contributed by atoms with Crippen LogP contribution in [0.15, 0.2) is 237 Å². The molecule has 0 aromatic heterocycles. The normalized spacial score (nSPS) is 11.0. The summed E-state index contributed by atoms with van der Waals surface area (Å²) >= 11 is 0. The molecule has 14 rings (SSSR count). The lowest BCUT2D eigenvalue weighted by molar-refractivity contribution is -0.122. The number of phenols is 1. The maximum Gasteiger partial charge on any atom is 0.251 e. The fraction of sp³-hybridized carbons (Fsp3) is 0.267. The minimum absolute atomic E-state index is 0.00841. The quantitative estimate of drug-likeness (QED) is 0.0384. The van der Waals surface area contributed by atoms with Gasteiger partial charge >= 0.3 is 0 Å². The Morgan fingerprint density at radius 1 is 0.417 bits per heavy atom. The van der Waals surface area contributed by atoms with Crippen molar-refractivity contribution in [1.29, 1.82) is 0 Å². The number of carbonyl (C=O) groups is 7. The van der Waals surface area contributed by atoms with Crippen LogP contribution in [0.2, 0.25) is 0 Å². The predicted molar refractivity (Wildman–Crippen MR) is 562 cm³/mol. The van der Waals surface area contributed by atoms with Crippen LogP contribution in [0.25, 0.3) is 0 Å². The Hall–Kier alpha value is -16.6. The van der Waals surface area contributed by atoms with Crippen LogP contribution in [0.4, 0.5) is 44.2 Å². The van der Waals surface area contributed by atoms with Gasteiger partial charge in [-0.2, -0.15) is 0 Å². The molecule has 10 aromatic carbocycles. The van der Waals surface area contributed by atoms with E-state index in [2.05, 4.69) is 144 Å². The molecular weight excluding hydrogens is 1760 g/mol. The van der Waals surface area contributed by atoms with Crippen molar-refractivity contribution in [3.8, 4) is 124 Å². The van der Waals surface area contributed by atoms with E-state index in [0.29, 0.717) is 36.8 Å². The fourth-order valence-electron chi connectivity index (χ4n) is 11.5. The number of rotatable bonds is 13. The third-order valence-corrected chi connectivity index (χ3v) is 20.2. The second kappa shape index (κ2) is 65.1. The zero-order valence-electron chi connectivity index (χ0n) is 82.1. The van der Waals surface area contributed by atoms with Crippen LogP contribution in [0.3, 0.4) is 0 Å². The van der Waals surface area contributed by atoms with Gasteiger partial charge in [0.2, 0.25) is 45.5 Å². The lowest BCUT2D eigenvalue weighted by Crippen LogP contribution is -2.27. The van der Waals surface area contributed by atoms with Crippen molar-refractivity contribution in [1.82, 2.24) is 10.6 Å². The van der Waals surface area contributed by atoms with E-state index in [9.17, 15) is 46.4 Å². The smallest absolute Gasteiger partial charge is 0.251 e. The van der Waals surface area contributed by atoms with Crippen molar-refractivity contribution >= 4 is 91.2 Å². The number of halogens is 1. The zero-order chi connectivity index (χ0) is 102. The first-order valence-corrected chi connectivity index (χ1v) is 46.8. The van der Waals surface area contributed by atoms with Gasteiger partial charge in [-0.25, -0.2) is 12.8 Å². The summed E-state index contributed by atoms with van der Waals surface area (Å²) < 4.78 is 47.0. The number of nitrogens with two attached hydrogens (primary N) is 1. The fourth-order valence-corrected chi connectivity index (χ4v) is 12.0. The van der Waals surface area contributed by atoms with Gasteiger partial charge in [0.1, 0.15) is 24.8 Å². The first-order chi connectivity index (χ1) is 66.8. The summed E-state index contributed by atoms with van der Waals surface area (Å²) in [5.74, 6) is 54.2. The molecule has 139 heavy (non-hydrogen) atoms. The van der Waals surface area contributed by atoms with E-state index in [-0.39, 0.29) is 64.9 Å². The largest absolute Gasteiger partial charge is 0.508 e. The van der Waals surface area contributed by atoms with Gasteiger partial charge in [0.05, 0.1) is 11.9 Å². The number of hydrogen-bond donors (Lipinski definition) is 9. The Balaban J connectivity index is 0.000000321. The van der Waals surface area contributed by atoms with Crippen molar-refractivity contribution in [2.45, 2.75) is 141 Å². The highest BCUT2D eigenvalue weighted by Gasteiger charge is 2.30. The maximum atomic E-state index is 12.5. The average molecular weight is 1890 g/mol.